The van der Waals surface area contributed by atoms with E-state index < -0.39 is 5.91 Å². The van der Waals surface area contributed by atoms with Crippen LogP contribution in [0.1, 0.15) is 36.3 Å². The number of fused-ring (bicyclic) bond motifs is 2. The number of benzene rings is 3. The first-order valence-corrected chi connectivity index (χ1v) is 10.1. The summed E-state index contributed by atoms with van der Waals surface area (Å²) in [6, 6.07) is 18.0. The molecule has 4 aromatic rings. The van der Waals surface area contributed by atoms with Crippen LogP contribution in [0.15, 0.2) is 70.6 Å². The van der Waals surface area contributed by atoms with Crippen molar-refractivity contribution in [1.82, 2.24) is 15.2 Å². The van der Waals surface area contributed by atoms with Crippen molar-refractivity contribution in [2.24, 2.45) is 5.10 Å². The zero-order chi connectivity index (χ0) is 22.0. The molecule has 0 radical (unpaired) electrons. The molecule has 0 aliphatic heterocycles. The van der Waals surface area contributed by atoms with Crippen molar-refractivity contribution in [3.05, 3.63) is 82.3 Å². The first-order valence-electron chi connectivity index (χ1n) is 10.1. The Morgan fingerprint density at radius 1 is 1.03 bits per heavy atom. The summed E-state index contributed by atoms with van der Waals surface area (Å²) in [5.74, 6) is -0.422. The van der Waals surface area contributed by atoms with Crippen LogP contribution < -0.4 is 11.0 Å². The summed E-state index contributed by atoms with van der Waals surface area (Å²) in [5.41, 5.74) is 3.38. The van der Waals surface area contributed by atoms with Crippen molar-refractivity contribution >= 4 is 33.2 Å². The van der Waals surface area contributed by atoms with Gasteiger partial charge in [-0.1, -0.05) is 55.5 Å². The van der Waals surface area contributed by atoms with Gasteiger partial charge in [0.2, 0.25) is 0 Å². The number of aryl methyl sites for hydroxylation is 1. The maximum Gasteiger partial charge on any atom is 0.292 e. The normalized spacial score (nSPS) is 11.7. The Morgan fingerprint density at radius 2 is 1.71 bits per heavy atom. The summed E-state index contributed by atoms with van der Waals surface area (Å²) in [7, 11) is 0. The first-order chi connectivity index (χ1) is 15.0. The number of rotatable bonds is 5. The molecule has 0 spiro atoms. The molecule has 4 rings (SSSR count). The number of phenols is 1. The fourth-order valence-corrected chi connectivity index (χ4v) is 3.56. The van der Waals surface area contributed by atoms with E-state index in [4.69, 9.17) is 0 Å². The van der Waals surface area contributed by atoms with Crippen LogP contribution >= 0.6 is 0 Å². The minimum atomic E-state index is -0.527. The maximum absolute atomic E-state index is 12.9. The molecule has 1 heterocycles. The highest BCUT2D eigenvalue weighted by atomic mass is 16.3. The molecule has 0 unspecified atom stereocenters. The van der Waals surface area contributed by atoms with Gasteiger partial charge in [-0.3, -0.25) is 9.59 Å². The molecule has 0 aliphatic rings. The van der Waals surface area contributed by atoms with Gasteiger partial charge in [0.05, 0.1) is 11.1 Å². The third kappa shape index (κ3) is 3.77. The van der Waals surface area contributed by atoms with E-state index in [-0.39, 0.29) is 17.0 Å². The molecule has 2 N–H and O–H groups in total. The molecule has 1 aromatic heterocycles. The number of hydrogen-bond donors (Lipinski definition) is 2. The van der Waals surface area contributed by atoms with Gasteiger partial charge in [-0.25, -0.2) is 10.1 Å². The van der Waals surface area contributed by atoms with Crippen molar-refractivity contribution in [2.45, 2.75) is 26.8 Å². The predicted octanol–water partition coefficient (Wildman–Crippen LogP) is 3.82. The second kappa shape index (κ2) is 8.39. The lowest BCUT2D eigenvalue weighted by atomic mass is 10.0. The van der Waals surface area contributed by atoms with Gasteiger partial charge in [0.15, 0.2) is 5.69 Å². The number of hydrogen-bond acceptors (Lipinski definition) is 5. The van der Waals surface area contributed by atoms with E-state index in [1.807, 2.05) is 37.3 Å². The summed E-state index contributed by atoms with van der Waals surface area (Å²) >= 11 is 0. The molecule has 0 saturated carbocycles. The number of hydrazone groups is 1. The molecular formula is C24H22N4O3. The zero-order valence-electron chi connectivity index (χ0n) is 17.3. The van der Waals surface area contributed by atoms with Gasteiger partial charge >= 0.3 is 0 Å². The lowest BCUT2D eigenvalue weighted by Gasteiger charge is -2.10. The summed E-state index contributed by atoms with van der Waals surface area (Å²) < 4.78 is 1.31. The van der Waals surface area contributed by atoms with Crippen molar-refractivity contribution in [1.29, 1.82) is 0 Å². The van der Waals surface area contributed by atoms with E-state index in [0.29, 0.717) is 40.4 Å². The highest BCUT2D eigenvalue weighted by Crippen LogP contribution is 2.28. The van der Waals surface area contributed by atoms with E-state index in [9.17, 15) is 14.7 Å². The van der Waals surface area contributed by atoms with E-state index >= 15 is 0 Å². The molecular weight excluding hydrogens is 392 g/mol. The molecule has 3 aromatic carbocycles. The Morgan fingerprint density at radius 3 is 2.45 bits per heavy atom. The second-order valence-electron chi connectivity index (χ2n) is 7.24. The van der Waals surface area contributed by atoms with Gasteiger partial charge in [-0.15, -0.1) is 0 Å². The number of phenolic OH excluding ortho intramolecular Hbond substituents is 1. The Balaban J connectivity index is 1.70. The van der Waals surface area contributed by atoms with E-state index in [2.05, 4.69) is 15.6 Å². The van der Waals surface area contributed by atoms with Gasteiger partial charge in [0.25, 0.3) is 11.5 Å². The standard InChI is InChI=1S/C24H22N4O3/c1-3-14-28-24(31)20-11-7-6-10-19(20)21(27-28)23(30)26-25-15(2)17-13-12-16-8-4-5-9-18(16)22(17)29/h4-13,29H,3,14H2,1-2H3,(H,26,30)/b25-15-. The zero-order valence-corrected chi connectivity index (χ0v) is 17.3. The number of carbonyl (C=O) groups is 1. The molecule has 7 nitrogen and oxygen atoms in total. The van der Waals surface area contributed by atoms with Crippen LogP contribution in [0.3, 0.4) is 0 Å². The topological polar surface area (TPSA) is 96.6 Å². The average Bonchev–Trinajstić information content (AvgIpc) is 2.79. The molecule has 31 heavy (non-hydrogen) atoms. The van der Waals surface area contributed by atoms with Gasteiger partial charge in [-0.05, 0) is 30.9 Å². The van der Waals surface area contributed by atoms with Crippen LogP contribution in [-0.4, -0.2) is 26.5 Å². The third-order valence-electron chi connectivity index (χ3n) is 5.13. The molecule has 1 amide bonds. The number of nitrogens with zero attached hydrogens (tertiary/aromatic N) is 3. The van der Waals surface area contributed by atoms with Gasteiger partial charge < -0.3 is 5.11 Å². The summed E-state index contributed by atoms with van der Waals surface area (Å²) in [6.07, 6.45) is 0.713. The lowest BCUT2D eigenvalue weighted by Crippen LogP contribution is -2.29. The maximum atomic E-state index is 12.9. The van der Waals surface area contributed by atoms with Crippen molar-refractivity contribution in [2.75, 3.05) is 0 Å². The van der Waals surface area contributed by atoms with Crippen molar-refractivity contribution < 1.29 is 9.90 Å². The summed E-state index contributed by atoms with van der Waals surface area (Å²) in [4.78, 5) is 25.5. The molecule has 0 atom stereocenters. The van der Waals surface area contributed by atoms with Crippen LogP contribution in [0.5, 0.6) is 5.75 Å². The number of amides is 1. The minimum absolute atomic E-state index is 0.105. The van der Waals surface area contributed by atoms with Crippen molar-refractivity contribution in [3.63, 3.8) is 0 Å². The Bertz CT molecular complexity index is 1390. The highest BCUT2D eigenvalue weighted by Gasteiger charge is 2.17. The lowest BCUT2D eigenvalue weighted by molar-refractivity contribution is 0.0949. The van der Waals surface area contributed by atoms with Crippen LogP contribution in [-0.2, 0) is 6.54 Å². The molecule has 0 aliphatic carbocycles. The smallest absolute Gasteiger partial charge is 0.292 e. The van der Waals surface area contributed by atoms with Crippen LogP contribution in [0, 0.1) is 0 Å². The number of nitrogens with one attached hydrogen (secondary N) is 1. The SMILES string of the molecule is CCCn1nc(C(=O)N/N=C(/C)c2ccc3ccccc3c2O)c2ccccc2c1=O. The summed E-state index contributed by atoms with van der Waals surface area (Å²) in [6.45, 7) is 4.05. The fourth-order valence-electron chi connectivity index (χ4n) is 3.56. The molecule has 156 valence electrons. The number of aromatic hydroxyl groups is 1. The highest BCUT2D eigenvalue weighted by molar-refractivity contribution is 6.08. The predicted molar refractivity (Wildman–Crippen MR) is 122 cm³/mol. The van der Waals surface area contributed by atoms with E-state index in [1.165, 1.54) is 4.68 Å². The number of aromatic nitrogens is 2. The molecule has 0 fully saturated rings. The van der Waals surface area contributed by atoms with Gasteiger partial charge in [0, 0.05) is 22.9 Å². The van der Waals surface area contributed by atoms with E-state index in [1.54, 1.807) is 37.3 Å². The van der Waals surface area contributed by atoms with Crippen molar-refractivity contribution in [3.8, 4) is 5.75 Å². The molecule has 0 saturated heterocycles. The van der Waals surface area contributed by atoms with Crippen LogP contribution in [0.4, 0.5) is 0 Å². The van der Waals surface area contributed by atoms with Crippen LogP contribution in [0.25, 0.3) is 21.5 Å². The minimum Gasteiger partial charge on any atom is -0.507 e. The largest absolute Gasteiger partial charge is 0.507 e. The first kappa shape index (κ1) is 20.3. The second-order valence-corrected chi connectivity index (χ2v) is 7.24. The molecule has 0 bridgehead atoms. The van der Waals surface area contributed by atoms with Gasteiger partial charge in [0.1, 0.15) is 5.75 Å². The quantitative estimate of drug-likeness (QED) is 0.383. The van der Waals surface area contributed by atoms with Gasteiger partial charge in [-0.2, -0.15) is 10.2 Å². The third-order valence-corrected chi connectivity index (χ3v) is 5.13. The fraction of sp³-hybridized carbons (Fsp3) is 0.167. The Kier molecular flexibility index (Phi) is 5.49. The Labute approximate surface area is 178 Å². The molecule has 7 heteroatoms. The van der Waals surface area contributed by atoms with Crippen LogP contribution in [0.2, 0.25) is 0 Å². The monoisotopic (exact) mass is 414 g/mol. The summed E-state index contributed by atoms with van der Waals surface area (Å²) in [5, 5.41) is 21.6. The number of carbonyl (C=O) groups excluding carboxylic acids is 1. The average molecular weight is 414 g/mol. The Hall–Kier alpha value is -4.00. The van der Waals surface area contributed by atoms with E-state index in [0.717, 1.165) is 5.39 Å².